The van der Waals surface area contributed by atoms with Crippen LogP contribution < -0.4 is 25.1 Å². The monoisotopic (exact) mass is 498 g/mol. The molecule has 0 spiro atoms. The molecule has 166 valence electrons. The maximum atomic E-state index is 12.6. The zero-order valence-electron chi connectivity index (χ0n) is 17.5. The summed E-state index contributed by atoms with van der Waals surface area (Å²) in [6.45, 7) is 0.116. The average Bonchev–Trinajstić information content (AvgIpc) is 2.83. The molecule has 2 amide bonds. The zero-order valence-corrected chi connectivity index (χ0v) is 19.1. The van der Waals surface area contributed by atoms with E-state index in [1.165, 1.54) is 7.11 Å². The van der Waals surface area contributed by atoms with Crippen molar-refractivity contribution in [3.63, 3.8) is 0 Å². The van der Waals surface area contributed by atoms with Crippen LogP contribution >= 0.6 is 15.9 Å². The van der Waals surface area contributed by atoms with Crippen LogP contribution in [0.25, 0.3) is 0 Å². The largest absolute Gasteiger partial charge is 0.493 e. The lowest BCUT2D eigenvalue weighted by molar-refractivity contribution is -0.123. The maximum absolute atomic E-state index is 12.6. The Kier molecular flexibility index (Phi) is 8.51. The average molecular weight is 499 g/mol. The molecule has 2 N–H and O–H groups in total. The van der Waals surface area contributed by atoms with Gasteiger partial charge in [0.15, 0.2) is 18.1 Å². The van der Waals surface area contributed by atoms with Gasteiger partial charge >= 0.3 is 0 Å². The summed E-state index contributed by atoms with van der Waals surface area (Å²) in [7, 11) is 1.51. The van der Waals surface area contributed by atoms with Gasteiger partial charge in [0, 0.05) is 10.9 Å². The van der Waals surface area contributed by atoms with Gasteiger partial charge in [-0.3, -0.25) is 20.4 Å². The molecule has 0 fully saturated rings. The number of carbonyl (C=O) groups excluding carboxylic acids is 2. The minimum absolute atomic E-state index is 0.290. The third-order valence-electron chi connectivity index (χ3n) is 4.42. The molecule has 0 radical (unpaired) electrons. The molecule has 7 nitrogen and oxygen atoms in total. The molecule has 3 aromatic rings. The molecule has 0 heterocycles. The fraction of sp³-hybridized carbons (Fsp3) is 0.167. The van der Waals surface area contributed by atoms with E-state index >= 15 is 0 Å². The van der Waals surface area contributed by atoms with Crippen LogP contribution in [-0.2, 0) is 11.2 Å². The fourth-order valence-corrected chi connectivity index (χ4v) is 3.20. The highest BCUT2D eigenvalue weighted by Crippen LogP contribution is 2.25. The SMILES string of the molecule is COc1ccccc1OCC(=O)NNC(=O)c1cc(Br)ccc1OCCc1ccccc1. The van der Waals surface area contributed by atoms with Gasteiger partial charge in [0.2, 0.25) is 0 Å². The van der Waals surface area contributed by atoms with Crippen LogP contribution in [0.15, 0.2) is 77.3 Å². The molecule has 0 aliphatic heterocycles. The molecule has 0 bridgehead atoms. The van der Waals surface area contributed by atoms with E-state index < -0.39 is 11.8 Å². The summed E-state index contributed by atoms with van der Waals surface area (Å²) >= 11 is 3.36. The number of nitrogens with one attached hydrogen (secondary N) is 2. The van der Waals surface area contributed by atoms with Gasteiger partial charge in [0.25, 0.3) is 11.8 Å². The Balaban J connectivity index is 1.53. The molecule has 0 atom stereocenters. The predicted octanol–water partition coefficient (Wildman–Crippen LogP) is 3.92. The Hall–Kier alpha value is -3.52. The molecule has 0 aliphatic rings. The fourth-order valence-electron chi connectivity index (χ4n) is 2.84. The van der Waals surface area contributed by atoms with Gasteiger partial charge in [0.1, 0.15) is 5.75 Å². The topological polar surface area (TPSA) is 85.9 Å². The highest BCUT2D eigenvalue weighted by molar-refractivity contribution is 9.10. The molecule has 0 unspecified atom stereocenters. The molecular weight excluding hydrogens is 476 g/mol. The number of ether oxygens (including phenoxy) is 3. The van der Waals surface area contributed by atoms with E-state index in [0.29, 0.717) is 40.3 Å². The van der Waals surface area contributed by atoms with Crippen LogP contribution in [-0.4, -0.2) is 32.1 Å². The van der Waals surface area contributed by atoms with Crippen molar-refractivity contribution >= 4 is 27.7 Å². The quantitative estimate of drug-likeness (QED) is 0.436. The summed E-state index contributed by atoms with van der Waals surface area (Å²) in [5.41, 5.74) is 6.16. The van der Waals surface area contributed by atoms with Crippen LogP contribution in [0.4, 0.5) is 0 Å². The number of hydrogen-bond acceptors (Lipinski definition) is 5. The Labute approximate surface area is 194 Å². The predicted molar refractivity (Wildman–Crippen MR) is 124 cm³/mol. The second-order valence-electron chi connectivity index (χ2n) is 6.67. The second-order valence-corrected chi connectivity index (χ2v) is 7.58. The van der Waals surface area contributed by atoms with Gasteiger partial charge in [-0.25, -0.2) is 0 Å². The molecule has 0 saturated carbocycles. The van der Waals surface area contributed by atoms with E-state index in [2.05, 4.69) is 26.8 Å². The third kappa shape index (κ3) is 6.75. The molecule has 0 aromatic heterocycles. The molecule has 3 rings (SSSR count). The van der Waals surface area contributed by atoms with E-state index in [-0.39, 0.29) is 6.61 Å². The first-order valence-corrected chi connectivity index (χ1v) is 10.7. The first kappa shape index (κ1) is 23.1. The number of rotatable bonds is 9. The molecule has 3 aromatic carbocycles. The standard InChI is InChI=1S/C24H23BrN2O5/c1-30-21-9-5-6-10-22(21)32-16-23(28)26-27-24(29)19-15-18(25)11-12-20(19)31-14-13-17-7-3-2-4-8-17/h2-12,15H,13-14,16H2,1H3,(H,26,28)(H,27,29). The Bertz CT molecular complexity index is 1060. The van der Waals surface area contributed by atoms with Gasteiger partial charge in [-0.2, -0.15) is 0 Å². The van der Waals surface area contributed by atoms with Crippen LogP contribution in [0.5, 0.6) is 17.2 Å². The number of hydrazine groups is 1. The second kappa shape index (κ2) is 11.8. The molecule has 32 heavy (non-hydrogen) atoms. The minimum Gasteiger partial charge on any atom is -0.493 e. The Morgan fingerprint density at radius 3 is 2.31 bits per heavy atom. The maximum Gasteiger partial charge on any atom is 0.276 e. The molecule has 8 heteroatoms. The number of benzene rings is 3. The van der Waals surface area contributed by atoms with Crippen molar-refractivity contribution in [3.05, 3.63) is 88.4 Å². The molecule has 0 saturated heterocycles. The summed E-state index contributed by atoms with van der Waals surface area (Å²) < 4.78 is 17.2. The number of carbonyl (C=O) groups is 2. The number of para-hydroxylation sites is 2. The van der Waals surface area contributed by atoms with Gasteiger partial charge in [0.05, 0.1) is 19.3 Å². The van der Waals surface area contributed by atoms with Crippen molar-refractivity contribution in [1.82, 2.24) is 10.9 Å². The summed E-state index contributed by atoms with van der Waals surface area (Å²) in [4.78, 5) is 24.7. The van der Waals surface area contributed by atoms with E-state index in [4.69, 9.17) is 14.2 Å². The third-order valence-corrected chi connectivity index (χ3v) is 4.91. The van der Waals surface area contributed by atoms with E-state index in [9.17, 15) is 9.59 Å². The van der Waals surface area contributed by atoms with Crippen molar-refractivity contribution in [2.24, 2.45) is 0 Å². The summed E-state index contributed by atoms with van der Waals surface area (Å²) in [5.74, 6) is 0.326. The van der Waals surface area contributed by atoms with Crippen LogP contribution in [0.3, 0.4) is 0 Å². The van der Waals surface area contributed by atoms with Crippen LogP contribution in [0.1, 0.15) is 15.9 Å². The summed E-state index contributed by atoms with van der Waals surface area (Å²) in [6.07, 6.45) is 0.703. The van der Waals surface area contributed by atoms with Crippen molar-refractivity contribution in [3.8, 4) is 17.2 Å². The number of hydrogen-bond donors (Lipinski definition) is 2. The molecular formula is C24H23BrN2O5. The molecule has 0 aliphatic carbocycles. The highest BCUT2D eigenvalue weighted by atomic mass is 79.9. The van der Waals surface area contributed by atoms with Crippen LogP contribution in [0, 0.1) is 0 Å². The van der Waals surface area contributed by atoms with Gasteiger partial charge in [-0.15, -0.1) is 0 Å². The van der Waals surface area contributed by atoms with Crippen molar-refractivity contribution in [1.29, 1.82) is 0 Å². The zero-order chi connectivity index (χ0) is 22.8. The summed E-state index contributed by atoms with van der Waals surface area (Å²) in [6, 6.07) is 22.0. The van der Waals surface area contributed by atoms with E-state index in [1.807, 2.05) is 30.3 Å². The van der Waals surface area contributed by atoms with Crippen LogP contribution in [0.2, 0.25) is 0 Å². The number of halogens is 1. The highest BCUT2D eigenvalue weighted by Gasteiger charge is 2.15. The van der Waals surface area contributed by atoms with E-state index in [1.54, 1.807) is 42.5 Å². The van der Waals surface area contributed by atoms with Gasteiger partial charge in [-0.05, 0) is 35.9 Å². The normalized spacial score (nSPS) is 10.2. The van der Waals surface area contributed by atoms with Gasteiger partial charge in [-0.1, -0.05) is 58.4 Å². The Morgan fingerprint density at radius 2 is 1.56 bits per heavy atom. The number of methoxy groups -OCH3 is 1. The number of amides is 2. The van der Waals surface area contributed by atoms with E-state index in [0.717, 1.165) is 5.56 Å². The first-order chi connectivity index (χ1) is 15.6. The van der Waals surface area contributed by atoms with Crippen molar-refractivity contribution in [2.75, 3.05) is 20.3 Å². The van der Waals surface area contributed by atoms with Gasteiger partial charge < -0.3 is 14.2 Å². The van der Waals surface area contributed by atoms with Crippen molar-refractivity contribution < 1.29 is 23.8 Å². The Morgan fingerprint density at radius 1 is 0.844 bits per heavy atom. The first-order valence-electron chi connectivity index (χ1n) is 9.88. The lowest BCUT2D eigenvalue weighted by atomic mass is 10.1. The minimum atomic E-state index is -0.522. The lowest BCUT2D eigenvalue weighted by Gasteiger charge is -2.14. The van der Waals surface area contributed by atoms with Crippen molar-refractivity contribution in [2.45, 2.75) is 6.42 Å². The lowest BCUT2D eigenvalue weighted by Crippen LogP contribution is -2.44. The summed E-state index contributed by atoms with van der Waals surface area (Å²) in [5, 5.41) is 0. The smallest absolute Gasteiger partial charge is 0.276 e.